The molecule has 4 nitrogen and oxygen atoms in total. The van der Waals surface area contributed by atoms with Crippen molar-refractivity contribution in [2.45, 2.75) is 11.4 Å². The summed E-state index contributed by atoms with van der Waals surface area (Å²) in [4.78, 5) is 4.56. The van der Waals surface area contributed by atoms with Gasteiger partial charge in [0.2, 0.25) is 5.96 Å². The van der Waals surface area contributed by atoms with Gasteiger partial charge in [0.15, 0.2) is 11.6 Å². The highest BCUT2D eigenvalue weighted by Gasteiger charge is 2.16. The highest BCUT2D eigenvalue weighted by molar-refractivity contribution is 7.98. The molecule has 0 fully saturated rings. The molecule has 2 heterocycles. The molecule has 0 spiro atoms. The summed E-state index contributed by atoms with van der Waals surface area (Å²) in [6, 6.07) is 6.02. The van der Waals surface area contributed by atoms with Crippen LogP contribution in [0, 0.1) is 11.6 Å². The molecule has 0 aliphatic carbocycles. The standard InChI is InChI=1S/C13H10F2N4S/c14-9-4-11-12(5-10(9)15)20-19-13(18-11)17-7-8-2-1-3-16-6-8/h1-6H,7H2,(H2,17,18,19). The highest BCUT2D eigenvalue weighted by atomic mass is 32.2. The van der Waals surface area contributed by atoms with E-state index in [-0.39, 0.29) is 0 Å². The zero-order valence-electron chi connectivity index (χ0n) is 10.2. The highest BCUT2D eigenvalue weighted by Crippen LogP contribution is 2.33. The number of benzene rings is 1. The van der Waals surface area contributed by atoms with Gasteiger partial charge in [0, 0.05) is 37.0 Å². The van der Waals surface area contributed by atoms with E-state index in [1.54, 1.807) is 12.4 Å². The van der Waals surface area contributed by atoms with Gasteiger partial charge in [-0.05, 0) is 17.7 Å². The topological polar surface area (TPSA) is 49.3 Å². The average Bonchev–Trinajstić information content (AvgIpc) is 2.47. The van der Waals surface area contributed by atoms with Gasteiger partial charge in [0.25, 0.3) is 0 Å². The second-order valence-corrected chi connectivity index (χ2v) is 4.94. The number of nitrogens with one attached hydrogen (secondary N) is 2. The van der Waals surface area contributed by atoms with Gasteiger partial charge < -0.3 is 10.6 Å². The molecule has 0 saturated heterocycles. The molecule has 2 N–H and O–H groups in total. The lowest BCUT2D eigenvalue weighted by Gasteiger charge is -2.18. The summed E-state index contributed by atoms with van der Waals surface area (Å²) < 4.78 is 30.4. The van der Waals surface area contributed by atoms with Crippen LogP contribution in [0.25, 0.3) is 0 Å². The van der Waals surface area contributed by atoms with Crippen molar-refractivity contribution >= 4 is 23.6 Å². The lowest BCUT2D eigenvalue weighted by molar-refractivity contribution is 0.506. The van der Waals surface area contributed by atoms with Gasteiger partial charge in [0.1, 0.15) is 0 Å². The van der Waals surface area contributed by atoms with Crippen molar-refractivity contribution in [3.63, 3.8) is 0 Å². The number of pyridine rings is 1. The van der Waals surface area contributed by atoms with Crippen molar-refractivity contribution in [1.29, 1.82) is 0 Å². The first kappa shape index (κ1) is 12.9. The van der Waals surface area contributed by atoms with Crippen molar-refractivity contribution in [3.8, 4) is 0 Å². The Bertz CT molecular complexity index is 661. The van der Waals surface area contributed by atoms with E-state index in [1.807, 2.05) is 12.1 Å². The molecule has 0 saturated carbocycles. The van der Waals surface area contributed by atoms with Crippen molar-refractivity contribution in [3.05, 3.63) is 53.9 Å². The van der Waals surface area contributed by atoms with Crippen LogP contribution in [0.5, 0.6) is 0 Å². The number of aromatic nitrogens is 1. The molecule has 1 aromatic carbocycles. The molecule has 1 aliphatic heterocycles. The third-order valence-electron chi connectivity index (χ3n) is 2.69. The number of nitrogens with zero attached hydrogens (tertiary/aromatic N) is 2. The fourth-order valence-electron chi connectivity index (χ4n) is 1.71. The quantitative estimate of drug-likeness (QED) is 0.836. The normalized spacial score (nSPS) is 13.2. The lowest BCUT2D eigenvalue weighted by Crippen LogP contribution is -2.31. The molecule has 2 aromatic rings. The number of fused-ring (bicyclic) bond motifs is 1. The number of halogens is 2. The molecule has 102 valence electrons. The molecule has 0 atom stereocenters. The zero-order chi connectivity index (χ0) is 13.9. The first-order valence-electron chi connectivity index (χ1n) is 5.86. The van der Waals surface area contributed by atoms with E-state index in [0.29, 0.717) is 23.1 Å². The van der Waals surface area contributed by atoms with Crippen LogP contribution < -0.4 is 10.6 Å². The minimum atomic E-state index is -0.884. The zero-order valence-corrected chi connectivity index (χ0v) is 11.0. The van der Waals surface area contributed by atoms with Gasteiger partial charge in [0.05, 0.1) is 10.6 Å². The molecule has 0 bridgehead atoms. The molecular weight excluding hydrogens is 282 g/mol. The van der Waals surface area contributed by atoms with Gasteiger partial charge in [-0.15, -0.1) is 0 Å². The maximum atomic E-state index is 13.2. The van der Waals surface area contributed by atoms with E-state index in [0.717, 1.165) is 29.6 Å². The molecular formula is C13H10F2N4S. The van der Waals surface area contributed by atoms with Gasteiger partial charge in [-0.2, -0.15) is 4.40 Å². The van der Waals surface area contributed by atoms with Crippen molar-refractivity contribution in [1.82, 2.24) is 10.3 Å². The average molecular weight is 292 g/mol. The van der Waals surface area contributed by atoms with Crippen molar-refractivity contribution in [2.24, 2.45) is 4.40 Å². The fourth-order valence-corrected chi connectivity index (χ4v) is 2.38. The van der Waals surface area contributed by atoms with E-state index in [4.69, 9.17) is 0 Å². The molecule has 3 rings (SSSR count). The predicted octanol–water partition coefficient (Wildman–Crippen LogP) is 2.94. The van der Waals surface area contributed by atoms with Gasteiger partial charge in [-0.25, -0.2) is 8.78 Å². The Kier molecular flexibility index (Phi) is 3.51. The Morgan fingerprint density at radius 3 is 2.90 bits per heavy atom. The second-order valence-electron chi connectivity index (χ2n) is 4.13. The van der Waals surface area contributed by atoms with Crippen LogP contribution in [0.1, 0.15) is 5.56 Å². The van der Waals surface area contributed by atoms with Crippen LogP contribution in [0.3, 0.4) is 0 Å². The minimum Gasteiger partial charge on any atom is -0.351 e. The number of rotatable bonds is 2. The molecule has 20 heavy (non-hydrogen) atoms. The Morgan fingerprint density at radius 1 is 1.25 bits per heavy atom. The Balaban J connectivity index is 1.69. The van der Waals surface area contributed by atoms with Gasteiger partial charge in [-0.1, -0.05) is 6.07 Å². The smallest absolute Gasteiger partial charge is 0.208 e. The molecule has 7 heteroatoms. The predicted molar refractivity (Wildman–Crippen MR) is 74.3 cm³/mol. The van der Waals surface area contributed by atoms with Gasteiger partial charge >= 0.3 is 0 Å². The maximum Gasteiger partial charge on any atom is 0.208 e. The van der Waals surface area contributed by atoms with Crippen LogP contribution >= 0.6 is 11.9 Å². The molecule has 0 unspecified atom stereocenters. The molecule has 0 radical (unpaired) electrons. The number of guanidine groups is 1. The maximum absolute atomic E-state index is 13.2. The van der Waals surface area contributed by atoms with E-state index >= 15 is 0 Å². The van der Waals surface area contributed by atoms with Gasteiger partial charge in [-0.3, -0.25) is 4.98 Å². The summed E-state index contributed by atoms with van der Waals surface area (Å²) >= 11 is 1.10. The Labute approximate surface area is 118 Å². The third kappa shape index (κ3) is 2.72. The van der Waals surface area contributed by atoms with E-state index in [2.05, 4.69) is 20.0 Å². The SMILES string of the molecule is Fc1cc2c(cc1F)SN=C(NCc1cccnc1)N2. The van der Waals surface area contributed by atoms with Crippen LogP contribution in [0.2, 0.25) is 0 Å². The van der Waals surface area contributed by atoms with Crippen molar-refractivity contribution < 1.29 is 8.78 Å². The summed E-state index contributed by atoms with van der Waals surface area (Å²) in [5, 5.41) is 6.00. The van der Waals surface area contributed by atoms with Crippen molar-refractivity contribution in [2.75, 3.05) is 5.32 Å². The molecule has 1 aromatic heterocycles. The summed E-state index contributed by atoms with van der Waals surface area (Å²) in [6.45, 7) is 0.541. The Morgan fingerprint density at radius 2 is 2.10 bits per heavy atom. The van der Waals surface area contributed by atoms with E-state index in [1.165, 1.54) is 0 Å². The second kappa shape index (κ2) is 5.46. The lowest BCUT2D eigenvalue weighted by atomic mass is 10.3. The third-order valence-corrected chi connectivity index (χ3v) is 3.50. The van der Waals surface area contributed by atoms with Crippen LogP contribution in [0.4, 0.5) is 14.5 Å². The summed E-state index contributed by atoms with van der Waals surface area (Å²) in [7, 11) is 0. The number of anilines is 1. The largest absolute Gasteiger partial charge is 0.351 e. The monoisotopic (exact) mass is 292 g/mol. The molecule has 0 amide bonds. The first-order valence-corrected chi connectivity index (χ1v) is 6.63. The Hall–Kier alpha value is -2.15. The van der Waals surface area contributed by atoms with E-state index in [9.17, 15) is 8.78 Å². The minimum absolute atomic E-state index is 0.498. The molecule has 1 aliphatic rings. The van der Waals surface area contributed by atoms with Crippen LogP contribution in [0.15, 0.2) is 46.0 Å². The summed E-state index contributed by atoms with van der Waals surface area (Å²) in [6.07, 6.45) is 3.44. The van der Waals surface area contributed by atoms with E-state index < -0.39 is 11.6 Å². The summed E-state index contributed by atoms with van der Waals surface area (Å²) in [5.41, 5.74) is 1.50. The summed E-state index contributed by atoms with van der Waals surface area (Å²) in [5.74, 6) is -1.26. The number of hydrogen-bond acceptors (Lipinski definition) is 5. The number of hydrogen-bond donors (Lipinski definition) is 2. The van der Waals surface area contributed by atoms with Crippen LogP contribution in [-0.4, -0.2) is 10.9 Å². The fraction of sp³-hybridized carbons (Fsp3) is 0.0769. The first-order chi connectivity index (χ1) is 9.72. The van der Waals surface area contributed by atoms with Crippen LogP contribution in [-0.2, 0) is 6.54 Å².